The lowest BCUT2D eigenvalue weighted by molar-refractivity contribution is -0.141. The Kier molecular flexibility index (Phi) is 4.51. The van der Waals surface area contributed by atoms with Gasteiger partial charge in [-0.05, 0) is 20.3 Å². The highest BCUT2D eigenvalue weighted by atomic mass is 16.4. The summed E-state index contributed by atoms with van der Waals surface area (Å²) in [6.07, 6.45) is 1.60. The van der Waals surface area contributed by atoms with Gasteiger partial charge < -0.3 is 20.4 Å². The maximum absolute atomic E-state index is 11.7. The van der Waals surface area contributed by atoms with Crippen LogP contribution in [0, 0.1) is 0 Å². The van der Waals surface area contributed by atoms with Gasteiger partial charge in [-0.25, -0.2) is 9.59 Å². The molecule has 1 aliphatic rings. The minimum atomic E-state index is -1.27. The Balaban J connectivity index is 2.56. The van der Waals surface area contributed by atoms with Crippen molar-refractivity contribution in [1.82, 2.24) is 10.2 Å². The van der Waals surface area contributed by atoms with E-state index in [2.05, 4.69) is 5.32 Å². The van der Waals surface area contributed by atoms with Crippen molar-refractivity contribution in [1.29, 1.82) is 0 Å². The van der Waals surface area contributed by atoms with E-state index >= 15 is 0 Å². The SMILES string of the molecule is CC1=CCN(C(=O)N[C@H](C(=O)O)[C@@H](C)O)CC1. The van der Waals surface area contributed by atoms with Gasteiger partial charge >= 0.3 is 12.0 Å². The van der Waals surface area contributed by atoms with E-state index in [4.69, 9.17) is 5.11 Å². The molecule has 1 aliphatic heterocycles. The minimum Gasteiger partial charge on any atom is -0.480 e. The van der Waals surface area contributed by atoms with Gasteiger partial charge in [-0.3, -0.25) is 0 Å². The minimum absolute atomic E-state index is 0.456. The van der Waals surface area contributed by atoms with Crippen molar-refractivity contribution in [2.75, 3.05) is 13.1 Å². The van der Waals surface area contributed by atoms with Gasteiger partial charge in [-0.15, -0.1) is 0 Å². The highest BCUT2D eigenvalue weighted by Crippen LogP contribution is 2.09. The van der Waals surface area contributed by atoms with Gasteiger partial charge in [-0.1, -0.05) is 11.6 Å². The lowest BCUT2D eigenvalue weighted by Crippen LogP contribution is -2.53. The molecule has 17 heavy (non-hydrogen) atoms. The Hall–Kier alpha value is -1.56. The zero-order chi connectivity index (χ0) is 13.0. The predicted octanol–water partition coefficient (Wildman–Crippen LogP) is 0.182. The number of carbonyl (C=O) groups excluding carboxylic acids is 1. The van der Waals surface area contributed by atoms with Crippen LogP contribution in [0.3, 0.4) is 0 Å². The summed E-state index contributed by atoms with van der Waals surface area (Å²) in [6, 6.07) is -1.73. The smallest absolute Gasteiger partial charge is 0.328 e. The zero-order valence-corrected chi connectivity index (χ0v) is 10.0. The molecule has 0 aliphatic carbocycles. The van der Waals surface area contributed by atoms with Crippen LogP contribution < -0.4 is 5.32 Å². The van der Waals surface area contributed by atoms with Gasteiger partial charge in [0.15, 0.2) is 6.04 Å². The lowest BCUT2D eigenvalue weighted by atomic mass is 10.1. The highest BCUT2D eigenvalue weighted by molar-refractivity contribution is 5.83. The first-order valence-corrected chi connectivity index (χ1v) is 5.53. The van der Waals surface area contributed by atoms with Crippen molar-refractivity contribution in [3.05, 3.63) is 11.6 Å². The Morgan fingerprint density at radius 1 is 1.53 bits per heavy atom. The van der Waals surface area contributed by atoms with Crippen LogP contribution in [-0.2, 0) is 4.79 Å². The fourth-order valence-electron chi connectivity index (χ4n) is 1.57. The van der Waals surface area contributed by atoms with Crippen LogP contribution in [0.5, 0.6) is 0 Å². The number of carboxylic acids is 1. The Bertz CT molecular complexity index is 338. The van der Waals surface area contributed by atoms with Gasteiger partial charge in [0.1, 0.15) is 0 Å². The van der Waals surface area contributed by atoms with Crippen molar-refractivity contribution < 1.29 is 19.8 Å². The molecule has 2 amide bonds. The molecule has 0 fully saturated rings. The number of urea groups is 1. The molecule has 6 nitrogen and oxygen atoms in total. The molecular formula is C11H18N2O4. The standard InChI is InChI=1S/C11H18N2O4/c1-7-3-5-13(6-4-7)11(17)12-9(8(2)14)10(15)16/h3,8-9,14H,4-6H2,1-2H3,(H,12,17)(H,15,16)/t8-,9+/m1/s1. The van der Waals surface area contributed by atoms with Gasteiger partial charge in [0.05, 0.1) is 6.10 Å². The van der Waals surface area contributed by atoms with Gasteiger partial charge in [0.25, 0.3) is 0 Å². The number of aliphatic carboxylic acids is 1. The topological polar surface area (TPSA) is 89.9 Å². The third-order valence-corrected chi connectivity index (χ3v) is 2.75. The third kappa shape index (κ3) is 3.74. The molecule has 0 saturated carbocycles. The quantitative estimate of drug-likeness (QED) is 0.616. The van der Waals surface area contributed by atoms with E-state index in [0.29, 0.717) is 13.1 Å². The van der Waals surface area contributed by atoms with Crippen molar-refractivity contribution in [2.45, 2.75) is 32.4 Å². The fraction of sp³-hybridized carbons (Fsp3) is 0.636. The van der Waals surface area contributed by atoms with Crippen LogP contribution in [0.2, 0.25) is 0 Å². The molecule has 0 bridgehead atoms. The van der Waals surface area contributed by atoms with Crippen LogP contribution in [0.15, 0.2) is 11.6 Å². The summed E-state index contributed by atoms with van der Waals surface area (Å²) in [6.45, 7) is 4.37. The number of aliphatic hydroxyl groups excluding tert-OH is 1. The Morgan fingerprint density at radius 3 is 2.59 bits per heavy atom. The first kappa shape index (κ1) is 13.5. The number of hydrogen-bond donors (Lipinski definition) is 3. The largest absolute Gasteiger partial charge is 0.480 e. The highest BCUT2D eigenvalue weighted by Gasteiger charge is 2.27. The first-order chi connectivity index (χ1) is 7.91. The number of carbonyl (C=O) groups is 2. The molecule has 0 radical (unpaired) electrons. The second-order valence-corrected chi connectivity index (χ2v) is 4.25. The molecule has 0 aromatic carbocycles. The van der Waals surface area contributed by atoms with Gasteiger partial charge in [0.2, 0.25) is 0 Å². The van der Waals surface area contributed by atoms with E-state index in [1.54, 1.807) is 0 Å². The van der Waals surface area contributed by atoms with Crippen LogP contribution >= 0.6 is 0 Å². The van der Waals surface area contributed by atoms with Crippen LogP contribution in [0.25, 0.3) is 0 Å². The maximum atomic E-state index is 11.7. The van der Waals surface area contributed by atoms with Gasteiger partial charge in [-0.2, -0.15) is 0 Å². The summed E-state index contributed by atoms with van der Waals surface area (Å²) in [5, 5.41) is 20.4. The summed E-state index contributed by atoms with van der Waals surface area (Å²) >= 11 is 0. The monoisotopic (exact) mass is 242 g/mol. The molecule has 1 heterocycles. The Morgan fingerprint density at radius 2 is 2.18 bits per heavy atom. The van der Waals surface area contributed by atoms with E-state index in [0.717, 1.165) is 6.42 Å². The number of nitrogens with one attached hydrogen (secondary N) is 1. The van der Waals surface area contributed by atoms with E-state index in [1.807, 2.05) is 13.0 Å². The fourth-order valence-corrected chi connectivity index (χ4v) is 1.57. The molecule has 6 heteroatoms. The van der Waals surface area contributed by atoms with Gasteiger partial charge in [0, 0.05) is 13.1 Å². The first-order valence-electron chi connectivity index (χ1n) is 5.53. The number of hydrogen-bond acceptors (Lipinski definition) is 3. The molecule has 96 valence electrons. The normalized spacial score (nSPS) is 19.2. The molecule has 2 atom stereocenters. The number of amides is 2. The molecule has 0 aromatic heterocycles. The third-order valence-electron chi connectivity index (χ3n) is 2.75. The van der Waals surface area contributed by atoms with Crippen molar-refractivity contribution in [3.63, 3.8) is 0 Å². The zero-order valence-electron chi connectivity index (χ0n) is 10.0. The Labute approximate surface area is 99.9 Å². The molecule has 0 spiro atoms. The second-order valence-electron chi connectivity index (χ2n) is 4.25. The van der Waals surface area contributed by atoms with E-state index in [9.17, 15) is 14.7 Å². The molecule has 3 N–H and O–H groups in total. The molecular weight excluding hydrogens is 224 g/mol. The summed E-state index contributed by atoms with van der Waals surface area (Å²) in [5.74, 6) is -1.24. The number of rotatable bonds is 3. The average molecular weight is 242 g/mol. The van der Waals surface area contributed by atoms with Crippen LogP contribution in [0.4, 0.5) is 4.79 Å². The van der Waals surface area contributed by atoms with E-state index < -0.39 is 24.1 Å². The molecule has 1 rings (SSSR count). The molecule has 0 saturated heterocycles. The summed E-state index contributed by atoms with van der Waals surface area (Å²) in [4.78, 5) is 24.1. The second kappa shape index (κ2) is 5.67. The maximum Gasteiger partial charge on any atom is 0.328 e. The van der Waals surface area contributed by atoms with Crippen molar-refractivity contribution >= 4 is 12.0 Å². The van der Waals surface area contributed by atoms with Crippen LogP contribution in [0.1, 0.15) is 20.3 Å². The lowest BCUT2D eigenvalue weighted by Gasteiger charge is -2.28. The van der Waals surface area contributed by atoms with E-state index in [1.165, 1.54) is 17.4 Å². The molecule has 0 unspecified atom stereocenters. The number of aliphatic hydroxyl groups is 1. The van der Waals surface area contributed by atoms with E-state index in [-0.39, 0.29) is 0 Å². The van der Waals surface area contributed by atoms with Crippen LogP contribution in [-0.4, -0.2) is 52.3 Å². The number of carboxylic acid groups (broad SMARTS) is 1. The van der Waals surface area contributed by atoms with Crippen molar-refractivity contribution in [3.8, 4) is 0 Å². The number of nitrogens with zero attached hydrogens (tertiary/aromatic N) is 1. The summed E-state index contributed by atoms with van der Waals surface area (Å²) in [5.41, 5.74) is 1.22. The van der Waals surface area contributed by atoms with Crippen molar-refractivity contribution in [2.24, 2.45) is 0 Å². The summed E-state index contributed by atoms with van der Waals surface area (Å²) in [7, 11) is 0. The molecule has 0 aromatic rings. The predicted molar refractivity (Wildman–Crippen MR) is 61.6 cm³/mol. The average Bonchev–Trinajstić information content (AvgIpc) is 2.25. The summed E-state index contributed by atoms with van der Waals surface area (Å²) < 4.78 is 0.